The molecule has 0 saturated carbocycles. The van der Waals surface area contributed by atoms with E-state index in [1.165, 1.54) is 30.5 Å². The van der Waals surface area contributed by atoms with E-state index >= 15 is 0 Å². The highest BCUT2D eigenvalue weighted by atomic mass is 16.4. The number of hydrogen-bond acceptors (Lipinski definition) is 6. The number of aromatic amines is 1. The molecule has 0 aliphatic heterocycles. The minimum absolute atomic E-state index is 0.117. The van der Waals surface area contributed by atoms with Crippen molar-refractivity contribution in [3.63, 3.8) is 0 Å². The van der Waals surface area contributed by atoms with E-state index in [9.17, 15) is 19.2 Å². The summed E-state index contributed by atoms with van der Waals surface area (Å²) in [6.45, 7) is 0. The molecule has 4 rings (SSSR count). The summed E-state index contributed by atoms with van der Waals surface area (Å²) in [5.41, 5.74) is 3.08. The number of benzene rings is 3. The predicted octanol–water partition coefficient (Wildman–Crippen LogP) is 2.24. The summed E-state index contributed by atoms with van der Waals surface area (Å²) in [6, 6.07) is 19.5. The Morgan fingerprint density at radius 1 is 0.886 bits per heavy atom. The van der Waals surface area contributed by atoms with Crippen molar-refractivity contribution in [1.29, 1.82) is 0 Å². The maximum absolute atomic E-state index is 13.1. The fourth-order valence-electron chi connectivity index (χ4n) is 3.36. The summed E-state index contributed by atoms with van der Waals surface area (Å²) in [5.74, 6) is -2.27. The van der Waals surface area contributed by atoms with Gasteiger partial charge in [0, 0.05) is 10.9 Å². The minimum Gasteiger partial charge on any atom is -0.478 e. The molecule has 1 heterocycles. The quantitative estimate of drug-likeness (QED) is 0.240. The Morgan fingerprint density at radius 3 is 2.23 bits per heavy atom. The zero-order chi connectivity index (χ0) is 24.8. The molecule has 0 radical (unpaired) electrons. The van der Waals surface area contributed by atoms with Crippen LogP contribution in [0, 0.1) is 0 Å². The van der Waals surface area contributed by atoms with E-state index in [0.717, 1.165) is 0 Å². The molecule has 0 spiro atoms. The average molecular weight is 469 g/mol. The Hall–Kier alpha value is -5.12. The second-order valence-electron chi connectivity index (χ2n) is 7.42. The van der Waals surface area contributed by atoms with Crippen LogP contribution >= 0.6 is 0 Å². The number of carboxylic acids is 1. The van der Waals surface area contributed by atoms with Gasteiger partial charge in [-0.25, -0.2) is 15.3 Å². The molecular formula is C25H19N5O5. The number of amides is 2. The van der Waals surface area contributed by atoms with E-state index in [1.807, 2.05) is 0 Å². The molecular weight excluding hydrogens is 450 g/mol. The third kappa shape index (κ3) is 5.28. The molecule has 0 aliphatic carbocycles. The number of carbonyl (C=O) groups is 3. The lowest BCUT2D eigenvalue weighted by Crippen LogP contribution is -2.40. The van der Waals surface area contributed by atoms with Gasteiger partial charge in [0.05, 0.1) is 17.2 Å². The first-order valence-electron chi connectivity index (χ1n) is 10.4. The Bertz CT molecular complexity index is 1480. The Labute approximate surface area is 198 Å². The third-order valence-electron chi connectivity index (χ3n) is 5.12. The molecule has 10 nitrogen and oxygen atoms in total. The summed E-state index contributed by atoms with van der Waals surface area (Å²) in [4.78, 5) is 49.1. The van der Waals surface area contributed by atoms with Gasteiger partial charge in [0.25, 0.3) is 17.4 Å². The first-order valence-corrected chi connectivity index (χ1v) is 10.4. The average Bonchev–Trinajstić information content (AvgIpc) is 2.88. The van der Waals surface area contributed by atoms with Crippen LogP contribution in [0.1, 0.15) is 38.0 Å². The second-order valence-corrected chi connectivity index (χ2v) is 7.42. The van der Waals surface area contributed by atoms with Gasteiger partial charge in [-0.2, -0.15) is 10.2 Å². The van der Waals surface area contributed by atoms with Gasteiger partial charge in [-0.05, 0) is 35.9 Å². The number of hydrazone groups is 1. The van der Waals surface area contributed by atoms with Gasteiger partial charge in [0.2, 0.25) is 0 Å². The van der Waals surface area contributed by atoms with E-state index in [2.05, 4.69) is 26.0 Å². The Balaban J connectivity index is 1.63. The molecule has 0 bridgehead atoms. The van der Waals surface area contributed by atoms with Gasteiger partial charge in [-0.1, -0.05) is 48.5 Å². The van der Waals surface area contributed by atoms with Crippen molar-refractivity contribution >= 4 is 34.8 Å². The van der Waals surface area contributed by atoms with E-state index < -0.39 is 29.4 Å². The van der Waals surface area contributed by atoms with Crippen molar-refractivity contribution in [3.05, 3.63) is 112 Å². The van der Waals surface area contributed by atoms with Crippen LogP contribution in [0.25, 0.3) is 10.8 Å². The molecule has 4 N–H and O–H groups in total. The van der Waals surface area contributed by atoms with Crippen LogP contribution in [0.4, 0.5) is 0 Å². The molecule has 1 atom stereocenters. The molecule has 174 valence electrons. The number of nitrogens with one attached hydrogen (secondary N) is 3. The Morgan fingerprint density at radius 2 is 1.54 bits per heavy atom. The molecule has 35 heavy (non-hydrogen) atoms. The number of carboxylic acid groups (broad SMARTS) is 1. The number of nitrogens with zero attached hydrogens (tertiary/aromatic N) is 2. The van der Waals surface area contributed by atoms with Crippen molar-refractivity contribution in [2.75, 3.05) is 0 Å². The number of aromatic nitrogens is 2. The zero-order valence-electron chi connectivity index (χ0n) is 18.1. The van der Waals surface area contributed by atoms with Crippen LogP contribution in [-0.2, 0) is 4.79 Å². The smallest absolute Gasteiger partial charge is 0.335 e. The first-order chi connectivity index (χ1) is 16.9. The topological polar surface area (TPSA) is 154 Å². The van der Waals surface area contributed by atoms with Crippen molar-refractivity contribution in [1.82, 2.24) is 20.9 Å². The van der Waals surface area contributed by atoms with Gasteiger partial charge < -0.3 is 10.4 Å². The van der Waals surface area contributed by atoms with E-state index in [4.69, 9.17) is 5.11 Å². The van der Waals surface area contributed by atoms with E-state index in [0.29, 0.717) is 21.9 Å². The van der Waals surface area contributed by atoms with E-state index in [-0.39, 0.29) is 11.3 Å². The van der Waals surface area contributed by atoms with Crippen LogP contribution in [0.3, 0.4) is 0 Å². The van der Waals surface area contributed by atoms with Crippen LogP contribution < -0.4 is 16.3 Å². The zero-order valence-corrected chi connectivity index (χ0v) is 18.1. The fourth-order valence-corrected chi connectivity index (χ4v) is 3.36. The molecule has 10 heteroatoms. The maximum Gasteiger partial charge on any atom is 0.335 e. The number of hydrogen-bond donors (Lipinski definition) is 4. The molecule has 0 fully saturated rings. The summed E-state index contributed by atoms with van der Waals surface area (Å²) in [7, 11) is 0. The molecule has 0 aliphatic rings. The van der Waals surface area contributed by atoms with Crippen molar-refractivity contribution in [3.8, 4) is 0 Å². The van der Waals surface area contributed by atoms with Gasteiger partial charge in [0.15, 0.2) is 6.04 Å². The minimum atomic E-state index is -1.28. The SMILES string of the molecule is O=C(O)c1ccc(/C=N\NC(=O)C(NC(=O)c2ccccc2)c2n[nH]c(=O)c3ccccc23)cc1. The van der Waals surface area contributed by atoms with Gasteiger partial charge in [0.1, 0.15) is 5.69 Å². The van der Waals surface area contributed by atoms with Gasteiger partial charge in [-0.15, -0.1) is 0 Å². The van der Waals surface area contributed by atoms with Crippen molar-refractivity contribution in [2.24, 2.45) is 5.10 Å². The van der Waals surface area contributed by atoms with Crippen LogP contribution in [0.5, 0.6) is 0 Å². The van der Waals surface area contributed by atoms with Crippen LogP contribution in [0.2, 0.25) is 0 Å². The number of rotatable bonds is 7. The normalized spacial score (nSPS) is 11.8. The van der Waals surface area contributed by atoms with Gasteiger partial charge in [-0.3, -0.25) is 14.4 Å². The third-order valence-corrected chi connectivity index (χ3v) is 5.12. The molecule has 0 saturated heterocycles. The summed E-state index contributed by atoms with van der Waals surface area (Å²) in [5, 5.41) is 22.7. The second kappa shape index (κ2) is 10.2. The van der Waals surface area contributed by atoms with Crippen LogP contribution in [-0.4, -0.2) is 39.3 Å². The summed E-state index contributed by atoms with van der Waals surface area (Å²) < 4.78 is 0. The first kappa shape index (κ1) is 23.1. The number of carbonyl (C=O) groups excluding carboxylic acids is 2. The standard InChI is InChI=1S/C25H19N5O5/c31-22(16-6-2-1-3-7-16)27-21(20-18-8-4-5-9-19(18)23(32)30-28-20)24(33)29-26-14-15-10-12-17(13-11-15)25(34)35/h1-14,21H,(H,27,31)(H,29,33)(H,30,32)(H,34,35)/b26-14-. The van der Waals surface area contributed by atoms with Crippen LogP contribution in [0.15, 0.2) is 88.8 Å². The number of aromatic carboxylic acids is 1. The lowest BCUT2D eigenvalue weighted by Gasteiger charge is -2.18. The fraction of sp³-hybridized carbons (Fsp3) is 0.0400. The number of H-pyrrole nitrogens is 1. The van der Waals surface area contributed by atoms with E-state index in [1.54, 1.807) is 54.6 Å². The highest BCUT2D eigenvalue weighted by Gasteiger charge is 2.27. The molecule has 4 aromatic rings. The van der Waals surface area contributed by atoms with Crippen molar-refractivity contribution < 1.29 is 19.5 Å². The maximum atomic E-state index is 13.1. The molecule has 3 aromatic carbocycles. The number of fused-ring (bicyclic) bond motifs is 1. The lowest BCUT2D eigenvalue weighted by atomic mass is 10.0. The molecule has 1 unspecified atom stereocenters. The highest BCUT2D eigenvalue weighted by Crippen LogP contribution is 2.20. The lowest BCUT2D eigenvalue weighted by molar-refractivity contribution is -0.123. The monoisotopic (exact) mass is 469 g/mol. The van der Waals surface area contributed by atoms with Crippen molar-refractivity contribution in [2.45, 2.75) is 6.04 Å². The summed E-state index contributed by atoms with van der Waals surface area (Å²) >= 11 is 0. The molecule has 1 aromatic heterocycles. The van der Waals surface area contributed by atoms with Gasteiger partial charge >= 0.3 is 5.97 Å². The predicted molar refractivity (Wildman–Crippen MR) is 128 cm³/mol. The largest absolute Gasteiger partial charge is 0.478 e. The summed E-state index contributed by atoms with van der Waals surface area (Å²) in [6.07, 6.45) is 1.33. The molecule has 2 amide bonds. The highest BCUT2D eigenvalue weighted by molar-refractivity contribution is 5.99. The Kier molecular flexibility index (Phi) is 6.73.